The highest BCUT2D eigenvalue weighted by atomic mass is 16.2. The fraction of sp³-hybridized carbons (Fsp3) is 0.545. The SMILES string of the molecule is CCN1C(=O)CC(N)C1c1ccc(C)nn1. The first-order valence-corrected chi connectivity index (χ1v) is 5.48. The molecule has 1 aliphatic heterocycles. The predicted octanol–water partition coefficient (Wildman–Crippen LogP) is 0.406. The van der Waals surface area contributed by atoms with Gasteiger partial charge >= 0.3 is 0 Å². The standard InChI is InChI=1S/C11H16N4O/c1-3-15-10(16)6-8(12)11(15)9-5-4-7(2)13-14-9/h4-5,8,11H,3,6,12H2,1-2H3. The topological polar surface area (TPSA) is 72.1 Å². The number of nitrogens with two attached hydrogens (primary N) is 1. The maximum atomic E-state index is 11.7. The van der Waals surface area contributed by atoms with Gasteiger partial charge in [0.05, 0.1) is 17.4 Å². The van der Waals surface area contributed by atoms with E-state index in [0.717, 1.165) is 11.4 Å². The number of hydrogen-bond donors (Lipinski definition) is 1. The Kier molecular flexibility index (Phi) is 2.87. The molecule has 1 aliphatic rings. The summed E-state index contributed by atoms with van der Waals surface area (Å²) in [5.74, 6) is 0.0994. The van der Waals surface area contributed by atoms with Gasteiger partial charge in [0.2, 0.25) is 5.91 Å². The monoisotopic (exact) mass is 220 g/mol. The van der Waals surface area contributed by atoms with E-state index in [2.05, 4.69) is 10.2 Å². The van der Waals surface area contributed by atoms with Crippen LogP contribution in [0.4, 0.5) is 0 Å². The Bertz CT molecular complexity index is 389. The van der Waals surface area contributed by atoms with Gasteiger partial charge in [0, 0.05) is 19.0 Å². The molecule has 16 heavy (non-hydrogen) atoms. The van der Waals surface area contributed by atoms with Crippen LogP contribution in [0.15, 0.2) is 12.1 Å². The second kappa shape index (κ2) is 4.17. The number of likely N-dealkylation sites (N-methyl/N-ethyl adjacent to an activating group) is 1. The van der Waals surface area contributed by atoms with Crippen LogP contribution < -0.4 is 5.73 Å². The maximum absolute atomic E-state index is 11.7. The third-order valence-corrected chi connectivity index (χ3v) is 2.93. The zero-order chi connectivity index (χ0) is 11.7. The van der Waals surface area contributed by atoms with Crippen LogP contribution in [0.1, 0.15) is 30.8 Å². The summed E-state index contributed by atoms with van der Waals surface area (Å²) in [5, 5.41) is 8.13. The Morgan fingerprint density at radius 2 is 2.25 bits per heavy atom. The molecule has 0 radical (unpaired) electrons. The van der Waals surface area contributed by atoms with E-state index in [1.165, 1.54) is 0 Å². The molecule has 2 atom stereocenters. The summed E-state index contributed by atoms with van der Waals surface area (Å²) in [5.41, 5.74) is 7.62. The quantitative estimate of drug-likeness (QED) is 0.783. The summed E-state index contributed by atoms with van der Waals surface area (Å²) in [6.07, 6.45) is 0.397. The molecule has 0 aliphatic carbocycles. The number of aryl methyl sites for hydroxylation is 1. The molecule has 2 rings (SSSR count). The summed E-state index contributed by atoms with van der Waals surface area (Å²) in [7, 11) is 0. The molecular weight excluding hydrogens is 204 g/mol. The van der Waals surface area contributed by atoms with Gasteiger partial charge in [-0.15, -0.1) is 0 Å². The van der Waals surface area contributed by atoms with Crippen molar-refractivity contribution in [3.63, 3.8) is 0 Å². The number of carbonyl (C=O) groups excluding carboxylic acids is 1. The third kappa shape index (κ3) is 1.78. The van der Waals surface area contributed by atoms with Gasteiger partial charge in [-0.3, -0.25) is 4.79 Å². The number of aromatic nitrogens is 2. The van der Waals surface area contributed by atoms with Crippen molar-refractivity contribution in [2.24, 2.45) is 5.73 Å². The van der Waals surface area contributed by atoms with Gasteiger partial charge in [-0.2, -0.15) is 10.2 Å². The lowest BCUT2D eigenvalue weighted by atomic mass is 10.1. The fourth-order valence-corrected chi connectivity index (χ4v) is 2.14. The lowest BCUT2D eigenvalue weighted by Gasteiger charge is -2.24. The van der Waals surface area contributed by atoms with Crippen LogP contribution in [0.5, 0.6) is 0 Å². The van der Waals surface area contributed by atoms with Gasteiger partial charge in [-0.05, 0) is 26.0 Å². The number of carbonyl (C=O) groups is 1. The summed E-state index contributed by atoms with van der Waals surface area (Å²) in [6, 6.07) is 3.50. The molecule has 86 valence electrons. The van der Waals surface area contributed by atoms with Gasteiger partial charge < -0.3 is 10.6 Å². The normalized spacial score (nSPS) is 25.2. The first-order valence-electron chi connectivity index (χ1n) is 5.48. The van der Waals surface area contributed by atoms with Crippen LogP contribution in [-0.4, -0.2) is 33.6 Å². The molecule has 2 unspecified atom stereocenters. The molecular formula is C11H16N4O. The van der Waals surface area contributed by atoms with Gasteiger partial charge in [0.1, 0.15) is 0 Å². The minimum Gasteiger partial charge on any atom is -0.333 e. The molecule has 0 aromatic carbocycles. The van der Waals surface area contributed by atoms with Crippen molar-refractivity contribution >= 4 is 5.91 Å². The number of hydrogen-bond acceptors (Lipinski definition) is 4. The van der Waals surface area contributed by atoms with Gasteiger partial charge in [-0.25, -0.2) is 0 Å². The van der Waals surface area contributed by atoms with Crippen LogP contribution in [0.25, 0.3) is 0 Å². The van der Waals surface area contributed by atoms with Crippen molar-refractivity contribution in [3.05, 3.63) is 23.5 Å². The number of nitrogens with zero attached hydrogens (tertiary/aromatic N) is 3. The molecule has 2 heterocycles. The summed E-state index contributed by atoms with van der Waals surface area (Å²) < 4.78 is 0. The Labute approximate surface area is 94.6 Å². The van der Waals surface area contributed by atoms with Gasteiger partial charge in [0.25, 0.3) is 0 Å². The molecule has 1 fully saturated rings. The molecule has 1 amide bonds. The lowest BCUT2D eigenvalue weighted by molar-refractivity contribution is -0.128. The van der Waals surface area contributed by atoms with Crippen molar-refractivity contribution < 1.29 is 4.79 Å². The summed E-state index contributed by atoms with van der Waals surface area (Å²) in [4.78, 5) is 13.4. The molecule has 0 spiro atoms. The second-order valence-electron chi connectivity index (χ2n) is 4.09. The van der Waals surface area contributed by atoms with Crippen LogP contribution in [0, 0.1) is 6.92 Å². The largest absolute Gasteiger partial charge is 0.333 e. The second-order valence-corrected chi connectivity index (χ2v) is 4.09. The Morgan fingerprint density at radius 1 is 1.50 bits per heavy atom. The van der Waals surface area contributed by atoms with Crippen molar-refractivity contribution in [1.82, 2.24) is 15.1 Å². The average molecular weight is 220 g/mol. The Morgan fingerprint density at radius 3 is 2.81 bits per heavy atom. The van der Waals surface area contributed by atoms with Crippen molar-refractivity contribution in [2.45, 2.75) is 32.4 Å². The fourth-order valence-electron chi connectivity index (χ4n) is 2.14. The van der Waals surface area contributed by atoms with Crippen molar-refractivity contribution in [1.29, 1.82) is 0 Å². The van der Waals surface area contributed by atoms with E-state index in [0.29, 0.717) is 13.0 Å². The minimum atomic E-state index is -0.176. The lowest BCUT2D eigenvalue weighted by Crippen LogP contribution is -2.33. The van der Waals surface area contributed by atoms with Crippen LogP contribution in [-0.2, 0) is 4.79 Å². The van der Waals surface area contributed by atoms with E-state index in [4.69, 9.17) is 5.73 Å². The number of likely N-dealkylation sites (tertiary alicyclic amines) is 1. The van der Waals surface area contributed by atoms with Gasteiger partial charge in [-0.1, -0.05) is 0 Å². The molecule has 1 aromatic heterocycles. The Hall–Kier alpha value is -1.49. The highest BCUT2D eigenvalue weighted by Gasteiger charge is 2.38. The van der Waals surface area contributed by atoms with E-state index >= 15 is 0 Å². The van der Waals surface area contributed by atoms with Crippen molar-refractivity contribution in [3.8, 4) is 0 Å². The molecule has 5 nitrogen and oxygen atoms in total. The molecule has 5 heteroatoms. The van der Waals surface area contributed by atoms with E-state index in [9.17, 15) is 4.79 Å². The molecule has 1 aromatic rings. The van der Waals surface area contributed by atoms with E-state index in [1.54, 1.807) is 4.90 Å². The zero-order valence-electron chi connectivity index (χ0n) is 9.55. The van der Waals surface area contributed by atoms with Crippen LogP contribution >= 0.6 is 0 Å². The van der Waals surface area contributed by atoms with Crippen molar-refractivity contribution in [2.75, 3.05) is 6.54 Å². The molecule has 0 bridgehead atoms. The smallest absolute Gasteiger partial charge is 0.224 e. The molecule has 0 saturated carbocycles. The van der Waals surface area contributed by atoms with E-state index < -0.39 is 0 Å². The summed E-state index contributed by atoms with van der Waals surface area (Å²) >= 11 is 0. The van der Waals surface area contributed by atoms with E-state index in [1.807, 2.05) is 26.0 Å². The van der Waals surface area contributed by atoms with Crippen LogP contribution in [0.3, 0.4) is 0 Å². The molecule has 1 saturated heterocycles. The minimum absolute atomic E-state index is 0.0994. The highest BCUT2D eigenvalue weighted by molar-refractivity contribution is 5.80. The maximum Gasteiger partial charge on any atom is 0.224 e. The highest BCUT2D eigenvalue weighted by Crippen LogP contribution is 2.30. The van der Waals surface area contributed by atoms with E-state index in [-0.39, 0.29) is 18.0 Å². The zero-order valence-corrected chi connectivity index (χ0v) is 9.55. The molecule has 2 N–H and O–H groups in total. The Balaban J connectivity index is 2.31. The average Bonchev–Trinajstić information content (AvgIpc) is 2.54. The number of rotatable bonds is 2. The summed E-state index contributed by atoms with van der Waals surface area (Å²) in [6.45, 7) is 4.49. The third-order valence-electron chi connectivity index (χ3n) is 2.93. The first kappa shape index (κ1) is 11.0. The number of amides is 1. The first-order chi connectivity index (χ1) is 7.63. The van der Waals surface area contributed by atoms with Gasteiger partial charge in [0.15, 0.2) is 0 Å². The van der Waals surface area contributed by atoms with Crippen LogP contribution in [0.2, 0.25) is 0 Å². The predicted molar refractivity (Wildman–Crippen MR) is 59.5 cm³/mol.